The molecule has 2 heterocycles. The Morgan fingerprint density at radius 2 is 1.87 bits per heavy atom. The Labute approximate surface area is 220 Å². The second kappa shape index (κ2) is 12.1. The smallest absolute Gasteiger partial charge is 0.354 e. The van der Waals surface area contributed by atoms with Crippen molar-refractivity contribution in [3.63, 3.8) is 0 Å². The van der Waals surface area contributed by atoms with E-state index in [1.165, 1.54) is 12.1 Å². The van der Waals surface area contributed by atoms with Gasteiger partial charge in [0.15, 0.2) is 0 Å². The Morgan fingerprint density at radius 1 is 1.08 bits per heavy atom. The molecule has 198 valence electrons. The van der Waals surface area contributed by atoms with Crippen molar-refractivity contribution >= 4 is 17.4 Å². The monoisotopic (exact) mass is 521 g/mol. The maximum absolute atomic E-state index is 13.8. The third-order valence-electron chi connectivity index (χ3n) is 6.59. The standard InChI is InChI=1S/C29H30F3N5O/c1-3-22-18-23(8-7-21(22)2)28(38)35-25-10-9-24(26(19-25)29(30,31)32)20-33-12-13-36-14-16-37(17-15-36)27-6-4-5-11-34-27/h1,4-11,18-19,33H,12-17,20H2,2H3,(H,35,38). The number of terminal acetylenes is 1. The number of hydrogen-bond acceptors (Lipinski definition) is 5. The number of carbonyl (C=O) groups excluding carboxylic acids is 1. The van der Waals surface area contributed by atoms with Crippen LogP contribution in [0.25, 0.3) is 0 Å². The molecule has 0 bridgehead atoms. The van der Waals surface area contributed by atoms with Gasteiger partial charge in [0.2, 0.25) is 0 Å². The van der Waals surface area contributed by atoms with E-state index in [1.54, 1.807) is 24.4 Å². The molecule has 0 atom stereocenters. The van der Waals surface area contributed by atoms with Crippen LogP contribution in [-0.2, 0) is 12.7 Å². The van der Waals surface area contributed by atoms with Crippen molar-refractivity contribution in [3.8, 4) is 12.3 Å². The molecule has 0 spiro atoms. The number of piperazine rings is 1. The number of aromatic nitrogens is 1. The van der Waals surface area contributed by atoms with Crippen LogP contribution in [0, 0.1) is 19.3 Å². The molecule has 1 aliphatic rings. The Balaban J connectivity index is 1.31. The Morgan fingerprint density at radius 3 is 2.55 bits per heavy atom. The number of pyridine rings is 1. The summed E-state index contributed by atoms with van der Waals surface area (Å²) in [5.74, 6) is 2.94. The van der Waals surface area contributed by atoms with Gasteiger partial charge in [0, 0.05) is 68.8 Å². The zero-order chi connectivity index (χ0) is 27.1. The number of rotatable bonds is 8. The van der Waals surface area contributed by atoms with E-state index in [9.17, 15) is 18.0 Å². The van der Waals surface area contributed by atoms with Crippen molar-refractivity contribution in [1.29, 1.82) is 0 Å². The quantitative estimate of drug-likeness (QED) is 0.336. The van der Waals surface area contributed by atoms with Crippen LogP contribution in [0.1, 0.15) is 32.6 Å². The van der Waals surface area contributed by atoms with Crippen LogP contribution >= 0.6 is 0 Å². The fourth-order valence-electron chi connectivity index (χ4n) is 4.40. The molecule has 1 aromatic heterocycles. The SMILES string of the molecule is C#Cc1cc(C(=O)Nc2ccc(CNCCN3CCN(c4ccccn4)CC3)c(C(F)(F)F)c2)ccc1C. The Kier molecular flexibility index (Phi) is 8.66. The van der Waals surface area contributed by atoms with Gasteiger partial charge < -0.3 is 15.5 Å². The minimum absolute atomic E-state index is 0.0692. The highest BCUT2D eigenvalue weighted by atomic mass is 19.4. The minimum Gasteiger partial charge on any atom is -0.354 e. The zero-order valence-electron chi connectivity index (χ0n) is 21.2. The lowest BCUT2D eigenvalue weighted by molar-refractivity contribution is -0.138. The average molecular weight is 522 g/mol. The molecule has 2 aromatic carbocycles. The first-order chi connectivity index (χ1) is 18.2. The van der Waals surface area contributed by atoms with Gasteiger partial charge in [0.1, 0.15) is 5.82 Å². The Bertz CT molecular complexity index is 1300. The predicted molar refractivity (Wildman–Crippen MR) is 143 cm³/mol. The third kappa shape index (κ3) is 6.91. The molecular formula is C29H30F3N5O. The van der Waals surface area contributed by atoms with Crippen LogP contribution in [0.2, 0.25) is 0 Å². The van der Waals surface area contributed by atoms with Crippen LogP contribution in [0.3, 0.4) is 0 Å². The second-order valence-electron chi connectivity index (χ2n) is 9.19. The van der Waals surface area contributed by atoms with Gasteiger partial charge in [-0.25, -0.2) is 4.98 Å². The zero-order valence-corrected chi connectivity index (χ0v) is 21.2. The van der Waals surface area contributed by atoms with Crippen molar-refractivity contribution in [2.24, 2.45) is 0 Å². The molecule has 6 nitrogen and oxygen atoms in total. The predicted octanol–water partition coefficient (Wildman–Crippen LogP) is 4.55. The molecule has 1 saturated heterocycles. The number of benzene rings is 2. The number of carbonyl (C=O) groups is 1. The van der Waals surface area contributed by atoms with Crippen LogP contribution in [0.15, 0.2) is 60.8 Å². The molecular weight excluding hydrogens is 491 g/mol. The van der Waals surface area contributed by atoms with Crippen molar-refractivity contribution in [3.05, 3.63) is 88.6 Å². The summed E-state index contributed by atoms with van der Waals surface area (Å²) in [7, 11) is 0. The number of anilines is 2. The lowest BCUT2D eigenvalue weighted by Crippen LogP contribution is -2.48. The molecule has 4 rings (SSSR count). The first kappa shape index (κ1) is 27.2. The fourth-order valence-corrected chi connectivity index (χ4v) is 4.40. The third-order valence-corrected chi connectivity index (χ3v) is 6.59. The van der Waals surface area contributed by atoms with Crippen molar-refractivity contribution in [2.45, 2.75) is 19.6 Å². The minimum atomic E-state index is -4.56. The number of nitrogens with one attached hydrogen (secondary N) is 2. The summed E-state index contributed by atoms with van der Waals surface area (Å²) < 4.78 is 41.5. The topological polar surface area (TPSA) is 60.5 Å². The van der Waals surface area contributed by atoms with E-state index in [0.717, 1.165) is 50.2 Å². The van der Waals surface area contributed by atoms with Gasteiger partial charge in [0.05, 0.1) is 5.56 Å². The number of amides is 1. The van der Waals surface area contributed by atoms with E-state index in [1.807, 2.05) is 25.1 Å². The molecule has 0 aliphatic carbocycles. The summed E-state index contributed by atoms with van der Waals surface area (Å²) >= 11 is 0. The number of hydrogen-bond donors (Lipinski definition) is 2. The fraction of sp³-hybridized carbons (Fsp3) is 0.310. The molecule has 9 heteroatoms. The lowest BCUT2D eigenvalue weighted by atomic mass is 10.0. The molecule has 3 aromatic rings. The largest absolute Gasteiger partial charge is 0.416 e. The van der Waals surface area contributed by atoms with E-state index >= 15 is 0 Å². The average Bonchev–Trinajstić information content (AvgIpc) is 2.92. The van der Waals surface area contributed by atoms with Crippen LogP contribution < -0.4 is 15.5 Å². The number of alkyl halides is 3. The van der Waals surface area contributed by atoms with Gasteiger partial charge in [-0.15, -0.1) is 6.42 Å². The van der Waals surface area contributed by atoms with Crippen molar-refractivity contribution < 1.29 is 18.0 Å². The molecule has 2 N–H and O–H groups in total. The first-order valence-corrected chi connectivity index (χ1v) is 12.4. The van der Waals surface area contributed by atoms with Gasteiger partial charge in [-0.1, -0.05) is 24.1 Å². The van der Waals surface area contributed by atoms with Gasteiger partial charge in [-0.2, -0.15) is 13.2 Å². The van der Waals surface area contributed by atoms with Crippen molar-refractivity contribution in [1.82, 2.24) is 15.2 Å². The van der Waals surface area contributed by atoms with Gasteiger partial charge in [-0.3, -0.25) is 9.69 Å². The van der Waals surface area contributed by atoms with Crippen LogP contribution in [0.5, 0.6) is 0 Å². The number of aryl methyl sites for hydroxylation is 1. The van der Waals surface area contributed by atoms with E-state index < -0.39 is 17.6 Å². The van der Waals surface area contributed by atoms with E-state index in [4.69, 9.17) is 6.42 Å². The van der Waals surface area contributed by atoms with E-state index in [2.05, 4.69) is 31.3 Å². The van der Waals surface area contributed by atoms with Gasteiger partial charge >= 0.3 is 6.18 Å². The summed E-state index contributed by atoms with van der Waals surface area (Å²) in [6.07, 6.45) is 2.68. The molecule has 1 aliphatic heterocycles. The number of halogens is 3. The van der Waals surface area contributed by atoms with Gasteiger partial charge in [0.25, 0.3) is 5.91 Å². The highest BCUT2D eigenvalue weighted by Crippen LogP contribution is 2.34. The maximum Gasteiger partial charge on any atom is 0.416 e. The van der Waals surface area contributed by atoms with E-state index in [-0.39, 0.29) is 23.4 Å². The van der Waals surface area contributed by atoms with Crippen LogP contribution in [0.4, 0.5) is 24.7 Å². The first-order valence-electron chi connectivity index (χ1n) is 12.4. The summed E-state index contributed by atoms with van der Waals surface area (Å²) in [6.45, 7) is 6.63. The normalized spacial score (nSPS) is 14.2. The van der Waals surface area contributed by atoms with Crippen LogP contribution in [-0.4, -0.2) is 55.1 Å². The molecule has 0 radical (unpaired) electrons. The molecule has 38 heavy (non-hydrogen) atoms. The second-order valence-corrected chi connectivity index (χ2v) is 9.19. The summed E-state index contributed by atoms with van der Waals surface area (Å²) in [4.78, 5) is 21.5. The van der Waals surface area contributed by atoms with Crippen molar-refractivity contribution in [2.75, 3.05) is 49.5 Å². The maximum atomic E-state index is 13.8. The number of nitrogens with zero attached hydrogens (tertiary/aromatic N) is 3. The highest BCUT2D eigenvalue weighted by molar-refractivity contribution is 6.04. The molecule has 1 fully saturated rings. The summed E-state index contributed by atoms with van der Waals surface area (Å²) in [5.41, 5.74) is 1.10. The van der Waals surface area contributed by atoms with Gasteiger partial charge in [-0.05, 0) is 54.4 Å². The Hall–Kier alpha value is -3.87. The molecule has 1 amide bonds. The van der Waals surface area contributed by atoms with E-state index in [0.29, 0.717) is 12.1 Å². The highest BCUT2D eigenvalue weighted by Gasteiger charge is 2.33. The summed E-state index contributed by atoms with van der Waals surface area (Å²) in [5, 5.41) is 5.69. The molecule has 0 saturated carbocycles. The summed E-state index contributed by atoms with van der Waals surface area (Å²) in [6, 6.07) is 14.6. The molecule has 0 unspecified atom stereocenters. The lowest BCUT2D eigenvalue weighted by Gasteiger charge is -2.35.